The average molecular weight is 474 g/mol. The molecule has 2 aromatic heterocycles. The fourth-order valence-corrected chi connectivity index (χ4v) is 5.36. The molecule has 1 N–H and O–H groups in total. The Morgan fingerprint density at radius 2 is 1.85 bits per heavy atom. The second-order valence-corrected chi connectivity index (χ2v) is 9.72. The van der Waals surface area contributed by atoms with Gasteiger partial charge in [0.25, 0.3) is 0 Å². The van der Waals surface area contributed by atoms with Crippen molar-refractivity contribution in [2.75, 3.05) is 4.90 Å². The second kappa shape index (κ2) is 9.77. The third kappa shape index (κ3) is 4.59. The van der Waals surface area contributed by atoms with E-state index in [1.54, 1.807) is 9.58 Å². The molecule has 1 aliphatic rings. The molecule has 1 atom stereocenters. The zero-order valence-corrected chi connectivity index (χ0v) is 19.9. The first-order valence-corrected chi connectivity index (χ1v) is 12.5. The normalized spacial score (nSPS) is 14.9. The number of aryl methyl sites for hydroxylation is 1. The molecule has 1 aliphatic carbocycles. The van der Waals surface area contributed by atoms with E-state index < -0.39 is 6.04 Å². The minimum atomic E-state index is -0.759. The number of fused-ring (bicyclic) bond motifs is 1. The molecule has 174 valence electrons. The molecule has 1 saturated carbocycles. The molecule has 8 heteroatoms. The number of rotatable bonds is 7. The van der Waals surface area contributed by atoms with Gasteiger partial charge in [0.15, 0.2) is 0 Å². The number of benzene rings is 2. The lowest BCUT2D eigenvalue weighted by Gasteiger charge is -2.31. The zero-order chi connectivity index (χ0) is 23.5. The van der Waals surface area contributed by atoms with Crippen LogP contribution in [0.25, 0.3) is 11.0 Å². The Bertz CT molecular complexity index is 1280. The molecule has 0 spiro atoms. The van der Waals surface area contributed by atoms with Crippen molar-refractivity contribution in [3.05, 3.63) is 76.5 Å². The molecule has 2 amide bonds. The Morgan fingerprint density at radius 3 is 2.59 bits per heavy atom. The maximum absolute atomic E-state index is 13.9. The van der Waals surface area contributed by atoms with Gasteiger partial charge >= 0.3 is 0 Å². The highest BCUT2D eigenvalue weighted by atomic mass is 32.1. The van der Waals surface area contributed by atoms with Gasteiger partial charge in [-0.25, -0.2) is 4.68 Å². The van der Waals surface area contributed by atoms with Crippen molar-refractivity contribution in [1.29, 1.82) is 0 Å². The van der Waals surface area contributed by atoms with Crippen LogP contribution in [0.5, 0.6) is 0 Å². The minimum absolute atomic E-state index is 0.0209. The van der Waals surface area contributed by atoms with Gasteiger partial charge in [-0.1, -0.05) is 54.0 Å². The first kappa shape index (κ1) is 22.3. The van der Waals surface area contributed by atoms with Gasteiger partial charge in [-0.3, -0.25) is 14.5 Å². The molecular formula is C26H27N5O2S. The third-order valence-electron chi connectivity index (χ3n) is 6.31. The predicted octanol–water partition coefficient (Wildman–Crippen LogP) is 4.63. The zero-order valence-electron chi connectivity index (χ0n) is 19.1. The molecule has 0 aliphatic heterocycles. The number of hydrogen-bond donors (Lipinski definition) is 1. The lowest BCUT2D eigenvalue weighted by Crippen LogP contribution is -2.47. The van der Waals surface area contributed by atoms with Gasteiger partial charge in [-0.2, -0.15) is 0 Å². The van der Waals surface area contributed by atoms with Gasteiger partial charge in [0.1, 0.15) is 18.1 Å². The van der Waals surface area contributed by atoms with E-state index in [1.807, 2.05) is 73.0 Å². The van der Waals surface area contributed by atoms with E-state index in [9.17, 15) is 9.59 Å². The highest BCUT2D eigenvalue weighted by Gasteiger charge is 2.35. The maximum Gasteiger partial charge on any atom is 0.249 e. The Kier molecular flexibility index (Phi) is 6.40. The summed E-state index contributed by atoms with van der Waals surface area (Å²) in [6.07, 6.45) is 4.20. The van der Waals surface area contributed by atoms with E-state index in [1.165, 1.54) is 11.3 Å². The van der Waals surface area contributed by atoms with Gasteiger partial charge in [0.05, 0.1) is 5.52 Å². The second-order valence-electron chi connectivity index (χ2n) is 8.74. The van der Waals surface area contributed by atoms with Crippen LogP contribution in [-0.4, -0.2) is 32.9 Å². The Morgan fingerprint density at radius 1 is 1.09 bits per heavy atom. The number of thiophene rings is 1. The van der Waals surface area contributed by atoms with E-state index in [0.717, 1.165) is 47.2 Å². The number of amides is 2. The summed E-state index contributed by atoms with van der Waals surface area (Å²) < 4.78 is 1.60. The number of nitrogens with one attached hydrogen (secondary N) is 1. The van der Waals surface area contributed by atoms with Crippen LogP contribution in [0.1, 0.15) is 42.2 Å². The fraction of sp³-hybridized carbons (Fsp3) is 0.308. The highest BCUT2D eigenvalue weighted by molar-refractivity contribution is 7.10. The number of aromatic nitrogens is 3. The molecular weight excluding hydrogens is 446 g/mol. The van der Waals surface area contributed by atoms with Crippen LogP contribution in [-0.2, 0) is 16.1 Å². The Labute approximate surface area is 202 Å². The molecule has 0 saturated heterocycles. The van der Waals surface area contributed by atoms with Crippen molar-refractivity contribution < 1.29 is 9.59 Å². The van der Waals surface area contributed by atoms with Crippen molar-refractivity contribution in [3.8, 4) is 0 Å². The van der Waals surface area contributed by atoms with Gasteiger partial charge in [-0.15, -0.1) is 16.4 Å². The van der Waals surface area contributed by atoms with Crippen LogP contribution in [0.2, 0.25) is 0 Å². The number of carbonyl (C=O) groups excluding carboxylic acids is 2. The molecule has 0 unspecified atom stereocenters. The Hall–Kier alpha value is -3.52. The van der Waals surface area contributed by atoms with Gasteiger partial charge in [0.2, 0.25) is 11.8 Å². The summed E-state index contributed by atoms with van der Waals surface area (Å²) in [5.74, 6) is -0.369. The topological polar surface area (TPSA) is 80.1 Å². The van der Waals surface area contributed by atoms with Crippen LogP contribution in [0.4, 0.5) is 5.69 Å². The summed E-state index contributed by atoms with van der Waals surface area (Å²) >= 11 is 1.48. The van der Waals surface area contributed by atoms with Crippen molar-refractivity contribution in [3.63, 3.8) is 0 Å². The van der Waals surface area contributed by atoms with E-state index in [2.05, 4.69) is 15.6 Å². The lowest BCUT2D eigenvalue weighted by molar-refractivity contribution is -0.127. The van der Waals surface area contributed by atoms with Gasteiger partial charge in [0, 0.05) is 16.6 Å². The molecule has 7 nitrogen and oxygen atoms in total. The molecule has 34 heavy (non-hydrogen) atoms. The van der Waals surface area contributed by atoms with Gasteiger partial charge < -0.3 is 5.32 Å². The Balaban J connectivity index is 1.53. The largest absolute Gasteiger partial charge is 0.351 e. The van der Waals surface area contributed by atoms with E-state index in [0.29, 0.717) is 5.69 Å². The molecule has 1 fully saturated rings. The van der Waals surface area contributed by atoms with Crippen LogP contribution >= 0.6 is 11.3 Å². The summed E-state index contributed by atoms with van der Waals surface area (Å²) in [6.45, 7) is 1.98. The molecule has 0 radical (unpaired) electrons. The first-order valence-electron chi connectivity index (χ1n) is 11.6. The van der Waals surface area contributed by atoms with Gasteiger partial charge in [-0.05, 0) is 55.5 Å². The monoisotopic (exact) mass is 473 g/mol. The van der Waals surface area contributed by atoms with Crippen molar-refractivity contribution in [2.45, 2.75) is 51.2 Å². The summed E-state index contributed by atoms with van der Waals surface area (Å²) in [7, 11) is 0. The quantitative estimate of drug-likeness (QED) is 0.424. The number of hydrogen-bond acceptors (Lipinski definition) is 5. The predicted molar refractivity (Wildman–Crippen MR) is 134 cm³/mol. The van der Waals surface area contributed by atoms with Crippen molar-refractivity contribution >= 4 is 39.9 Å². The fourth-order valence-electron chi connectivity index (χ4n) is 4.55. The SMILES string of the molecule is Cc1ccc(N(C(=O)Cn2nnc3ccccc32)[C@H](C(=O)NC2CCCC2)c2cccs2)cc1. The van der Waals surface area contributed by atoms with Crippen LogP contribution in [0.15, 0.2) is 66.0 Å². The highest BCUT2D eigenvalue weighted by Crippen LogP contribution is 2.32. The standard InChI is InChI=1S/C26H27N5O2S/c1-18-12-14-20(15-13-18)31(24(32)17-30-22-10-5-4-9-21(22)28-29-30)25(23-11-6-16-34-23)26(33)27-19-7-2-3-8-19/h4-6,9-16,19,25H,2-3,7-8,17H2,1H3,(H,27,33)/t25-/m0/s1. The van der Waals surface area contributed by atoms with E-state index in [-0.39, 0.29) is 24.4 Å². The molecule has 5 rings (SSSR count). The smallest absolute Gasteiger partial charge is 0.249 e. The number of anilines is 1. The summed E-state index contributed by atoms with van der Waals surface area (Å²) in [4.78, 5) is 30.0. The molecule has 0 bridgehead atoms. The van der Waals surface area contributed by atoms with E-state index >= 15 is 0 Å². The maximum atomic E-state index is 13.9. The first-order chi connectivity index (χ1) is 16.6. The summed E-state index contributed by atoms with van der Waals surface area (Å²) in [6, 6.07) is 18.5. The lowest BCUT2D eigenvalue weighted by atomic mass is 10.1. The molecule has 2 heterocycles. The average Bonchev–Trinajstić information content (AvgIpc) is 3.61. The number of nitrogens with zero attached hydrogens (tertiary/aromatic N) is 4. The molecule has 2 aromatic carbocycles. The number of para-hydroxylation sites is 1. The molecule has 4 aromatic rings. The minimum Gasteiger partial charge on any atom is -0.351 e. The van der Waals surface area contributed by atoms with Crippen molar-refractivity contribution in [1.82, 2.24) is 20.3 Å². The summed E-state index contributed by atoms with van der Waals surface area (Å²) in [5.41, 5.74) is 3.27. The van der Waals surface area contributed by atoms with E-state index in [4.69, 9.17) is 0 Å². The van der Waals surface area contributed by atoms with Crippen LogP contribution < -0.4 is 10.2 Å². The van der Waals surface area contributed by atoms with Crippen LogP contribution in [0, 0.1) is 6.92 Å². The third-order valence-corrected chi connectivity index (χ3v) is 7.23. The number of carbonyl (C=O) groups is 2. The van der Waals surface area contributed by atoms with Crippen molar-refractivity contribution in [2.24, 2.45) is 0 Å². The summed E-state index contributed by atoms with van der Waals surface area (Å²) in [5, 5.41) is 13.5. The van der Waals surface area contributed by atoms with Crippen LogP contribution in [0.3, 0.4) is 0 Å².